The molecule has 0 aliphatic heterocycles. The summed E-state index contributed by atoms with van der Waals surface area (Å²) in [5, 5.41) is 11.3. The van der Waals surface area contributed by atoms with E-state index in [1.807, 2.05) is 51.4 Å². The van der Waals surface area contributed by atoms with Crippen LogP contribution < -0.4 is 10.2 Å². The molecule has 1 aromatic heterocycles. The van der Waals surface area contributed by atoms with Crippen molar-refractivity contribution in [2.45, 2.75) is 6.92 Å². The minimum atomic E-state index is -0.147. The Bertz CT molecular complexity index is 613. The van der Waals surface area contributed by atoms with Crippen molar-refractivity contribution >= 4 is 17.4 Å². The first-order chi connectivity index (χ1) is 11.1. The van der Waals surface area contributed by atoms with Crippen molar-refractivity contribution in [1.29, 1.82) is 0 Å². The van der Waals surface area contributed by atoms with E-state index in [4.69, 9.17) is 0 Å². The van der Waals surface area contributed by atoms with Crippen molar-refractivity contribution in [1.82, 2.24) is 15.1 Å². The number of rotatable bonds is 7. The lowest BCUT2D eigenvalue weighted by molar-refractivity contribution is 0.0982. The van der Waals surface area contributed by atoms with E-state index in [0.717, 1.165) is 18.8 Å². The van der Waals surface area contributed by atoms with Gasteiger partial charge in [0.2, 0.25) is 0 Å². The Balaban J connectivity index is 2.04. The van der Waals surface area contributed by atoms with E-state index in [0.29, 0.717) is 18.1 Å². The largest absolute Gasteiger partial charge is 0.367 e. The molecule has 23 heavy (non-hydrogen) atoms. The highest BCUT2D eigenvalue weighted by atomic mass is 16.2. The van der Waals surface area contributed by atoms with Gasteiger partial charge in [-0.3, -0.25) is 4.79 Å². The fourth-order valence-electron chi connectivity index (χ4n) is 2.14. The van der Waals surface area contributed by atoms with Crippen molar-refractivity contribution in [2.75, 3.05) is 43.9 Å². The molecular weight excluding hydrogens is 290 g/mol. The molecule has 0 radical (unpaired) electrons. The van der Waals surface area contributed by atoms with Gasteiger partial charge in [-0.05, 0) is 45.3 Å². The molecule has 1 aromatic carbocycles. The third-order valence-electron chi connectivity index (χ3n) is 3.38. The summed E-state index contributed by atoms with van der Waals surface area (Å²) in [5.74, 6) is 0.525. The predicted molar refractivity (Wildman–Crippen MR) is 92.9 cm³/mol. The van der Waals surface area contributed by atoms with E-state index < -0.39 is 0 Å². The summed E-state index contributed by atoms with van der Waals surface area (Å²) in [7, 11) is 4.02. The number of amides is 1. The lowest BCUT2D eigenvalue weighted by Crippen LogP contribution is -2.31. The van der Waals surface area contributed by atoms with Crippen molar-refractivity contribution < 1.29 is 4.79 Å². The number of aromatic nitrogens is 2. The van der Waals surface area contributed by atoms with Gasteiger partial charge >= 0.3 is 0 Å². The van der Waals surface area contributed by atoms with Crippen LogP contribution in [-0.4, -0.2) is 54.7 Å². The second-order valence-corrected chi connectivity index (χ2v) is 5.42. The molecule has 0 fully saturated rings. The smallest absolute Gasteiger partial charge is 0.278 e. The number of carbonyl (C=O) groups excluding carboxylic acids is 1. The first-order valence-corrected chi connectivity index (χ1v) is 7.71. The molecular formula is C17H23N5O. The normalized spacial score (nSPS) is 10.6. The number of carbonyl (C=O) groups is 1. The fourth-order valence-corrected chi connectivity index (χ4v) is 2.14. The lowest BCUT2D eigenvalue weighted by Gasteiger charge is -2.20. The van der Waals surface area contributed by atoms with Gasteiger partial charge in [0, 0.05) is 25.3 Å². The fraction of sp³-hybridized carbons (Fsp3) is 0.353. The average molecular weight is 313 g/mol. The van der Waals surface area contributed by atoms with Gasteiger partial charge in [0.15, 0.2) is 5.69 Å². The zero-order chi connectivity index (χ0) is 16.7. The van der Waals surface area contributed by atoms with Crippen LogP contribution in [0.15, 0.2) is 42.5 Å². The number of hydrogen-bond donors (Lipinski definition) is 1. The summed E-state index contributed by atoms with van der Waals surface area (Å²) in [6.07, 6.45) is 0. The number of hydrogen-bond acceptors (Lipinski definition) is 5. The molecule has 0 aliphatic carbocycles. The van der Waals surface area contributed by atoms with Crippen LogP contribution in [0.3, 0.4) is 0 Å². The molecule has 2 aromatic rings. The van der Waals surface area contributed by atoms with Gasteiger partial charge < -0.3 is 15.1 Å². The van der Waals surface area contributed by atoms with E-state index >= 15 is 0 Å². The van der Waals surface area contributed by atoms with E-state index in [1.165, 1.54) is 0 Å². The van der Waals surface area contributed by atoms with Gasteiger partial charge in [0.05, 0.1) is 0 Å². The van der Waals surface area contributed by atoms with Crippen molar-refractivity contribution in [3.63, 3.8) is 0 Å². The number of benzene rings is 1. The van der Waals surface area contributed by atoms with Gasteiger partial charge in [-0.15, -0.1) is 10.2 Å². The monoisotopic (exact) mass is 313 g/mol. The van der Waals surface area contributed by atoms with Crippen LogP contribution in [-0.2, 0) is 0 Å². The highest BCUT2D eigenvalue weighted by Crippen LogP contribution is 2.15. The van der Waals surface area contributed by atoms with Gasteiger partial charge in [-0.25, -0.2) is 0 Å². The van der Waals surface area contributed by atoms with Crippen molar-refractivity contribution in [2.24, 2.45) is 0 Å². The maximum Gasteiger partial charge on any atom is 0.278 e. The van der Waals surface area contributed by atoms with Crippen LogP contribution >= 0.6 is 0 Å². The second kappa shape index (κ2) is 8.24. The van der Waals surface area contributed by atoms with Crippen LogP contribution in [0.5, 0.6) is 0 Å². The molecule has 1 amide bonds. The zero-order valence-electron chi connectivity index (χ0n) is 13.9. The molecule has 0 aliphatic rings. The molecule has 0 atom stereocenters. The molecule has 0 spiro atoms. The third kappa shape index (κ3) is 4.75. The van der Waals surface area contributed by atoms with E-state index in [-0.39, 0.29) is 5.91 Å². The first-order valence-electron chi connectivity index (χ1n) is 7.71. The third-order valence-corrected chi connectivity index (χ3v) is 3.38. The highest BCUT2D eigenvalue weighted by Gasteiger charge is 2.17. The Morgan fingerprint density at radius 2 is 1.83 bits per heavy atom. The molecule has 122 valence electrons. The molecule has 1 heterocycles. The maximum absolute atomic E-state index is 12.6. The van der Waals surface area contributed by atoms with Crippen molar-refractivity contribution in [3.05, 3.63) is 48.2 Å². The molecule has 0 saturated heterocycles. The summed E-state index contributed by atoms with van der Waals surface area (Å²) < 4.78 is 0. The van der Waals surface area contributed by atoms with E-state index in [2.05, 4.69) is 20.4 Å². The summed E-state index contributed by atoms with van der Waals surface area (Å²) in [5.41, 5.74) is 1.20. The van der Waals surface area contributed by atoms with Crippen molar-refractivity contribution in [3.8, 4) is 0 Å². The SMILES string of the molecule is CCN(C(=O)c1ccc(NCCN(C)C)nn1)c1ccccc1. The minimum Gasteiger partial charge on any atom is -0.367 e. The predicted octanol–water partition coefficient (Wildman–Crippen LogP) is 2.12. The number of nitrogens with one attached hydrogen (secondary N) is 1. The molecule has 0 saturated carbocycles. The van der Waals surface area contributed by atoms with Gasteiger partial charge in [-0.2, -0.15) is 0 Å². The number of likely N-dealkylation sites (N-methyl/N-ethyl adjacent to an activating group) is 1. The maximum atomic E-state index is 12.6. The quantitative estimate of drug-likeness (QED) is 0.848. The van der Waals surface area contributed by atoms with Crippen LogP contribution in [0.25, 0.3) is 0 Å². The summed E-state index contributed by atoms with van der Waals surface area (Å²) in [4.78, 5) is 16.4. The summed E-state index contributed by atoms with van der Waals surface area (Å²) in [6, 6.07) is 13.1. The average Bonchev–Trinajstić information content (AvgIpc) is 2.57. The Kier molecular flexibility index (Phi) is 6.05. The van der Waals surface area contributed by atoms with Crippen LogP contribution in [0.1, 0.15) is 17.4 Å². The molecule has 6 heteroatoms. The van der Waals surface area contributed by atoms with Crippen LogP contribution in [0.4, 0.5) is 11.5 Å². The van der Waals surface area contributed by atoms with Gasteiger partial charge in [-0.1, -0.05) is 18.2 Å². The Hall–Kier alpha value is -2.47. The van der Waals surface area contributed by atoms with E-state index in [1.54, 1.807) is 17.0 Å². The Morgan fingerprint density at radius 3 is 2.39 bits per heavy atom. The summed E-state index contributed by atoms with van der Waals surface area (Å²) in [6.45, 7) is 4.20. The number of anilines is 2. The topological polar surface area (TPSA) is 61.4 Å². The Labute approximate surface area is 137 Å². The minimum absolute atomic E-state index is 0.147. The van der Waals surface area contributed by atoms with Gasteiger partial charge in [0.1, 0.15) is 5.82 Å². The molecule has 0 unspecified atom stereocenters. The summed E-state index contributed by atoms with van der Waals surface area (Å²) >= 11 is 0. The molecule has 2 rings (SSSR count). The van der Waals surface area contributed by atoms with E-state index in [9.17, 15) is 4.79 Å². The molecule has 6 nitrogen and oxygen atoms in total. The van der Waals surface area contributed by atoms with Gasteiger partial charge in [0.25, 0.3) is 5.91 Å². The van der Waals surface area contributed by atoms with Crippen LogP contribution in [0.2, 0.25) is 0 Å². The second-order valence-electron chi connectivity index (χ2n) is 5.42. The first kappa shape index (κ1) is 16.9. The molecule has 0 bridgehead atoms. The number of para-hydroxylation sites is 1. The lowest BCUT2D eigenvalue weighted by atomic mass is 10.2. The highest BCUT2D eigenvalue weighted by molar-refractivity contribution is 6.04. The molecule has 1 N–H and O–H groups in total. The van der Waals surface area contributed by atoms with Crippen LogP contribution in [0, 0.1) is 0 Å². The number of nitrogens with zero attached hydrogens (tertiary/aromatic N) is 4. The Morgan fingerprint density at radius 1 is 1.09 bits per heavy atom. The zero-order valence-corrected chi connectivity index (χ0v) is 13.9. The standard InChI is InChI=1S/C17H23N5O/c1-4-22(14-8-6-5-7-9-14)17(23)15-10-11-16(20-19-15)18-12-13-21(2)3/h5-11H,4,12-13H2,1-3H3,(H,18,20).